The number of nitrogens with zero attached hydrogens (tertiary/aromatic N) is 2. The van der Waals surface area contributed by atoms with Crippen molar-refractivity contribution in [1.29, 1.82) is 0 Å². The molecule has 0 radical (unpaired) electrons. The minimum atomic E-state index is -0.964. The highest BCUT2D eigenvalue weighted by atomic mass is 16.4. The first-order chi connectivity index (χ1) is 9.24. The Bertz CT molecular complexity index is 754. The van der Waals surface area contributed by atoms with E-state index in [-0.39, 0.29) is 5.56 Å². The summed E-state index contributed by atoms with van der Waals surface area (Å²) in [5.41, 5.74) is 3.17. The van der Waals surface area contributed by atoms with Crippen LogP contribution in [0.5, 0.6) is 0 Å². The van der Waals surface area contributed by atoms with E-state index in [0.29, 0.717) is 11.0 Å². The molecule has 0 amide bonds. The SMILES string of the molecule is O=C(O)c1ccc2ncc(-c3ccccc3)nc2c1. The fourth-order valence-corrected chi connectivity index (χ4v) is 1.89. The lowest BCUT2D eigenvalue weighted by Crippen LogP contribution is -1.97. The molecule has 0 atom stereocenters. The molecule has 2 aromatic carbocycles. The lowest BCUT2D eigenvalue weighted by Gasteiger charge is -2.03. The maximum absolute atomic E-state index is 11.0. The van der Waals surface area contributed by atoms with Crippen LogP contribution in [0.4, 0.5) is 0 Å². The summed E-state index contributed by atoms with van der Waals surface area (Å²) in [5.74, 6) is -0.964. The molecular formula is C15H10N2O2. The molecule has 0 bridgehead atoms. The molecule has 1 aromatic heterocycles. The third-order valence-electron chi connectivity index (χ3n) is 2.86. The molecule has 0 aliphatic rings. The van der Waals surface area contributed by atoms with Crippen LogP contribution >= 0.6 is 0 Å². The van der Waals surface area contributed by atoms with E-state index in [9.17, 15) is 4.79 Å². The molecule has 4 nitrogen and oxygen atoms in total. The largest absolute Gasteiger partial charge is 0.478 e. The Morgan fingerprint density at radius 3 is 2.53 bits per heavy atom. The molecule has 0 spiro atoms. The number of hydrogen-bond donors (Lipinski definition) is 1. The van der Waals surface area contributed by atoms with Gasteiger partial charge in [0, 0.05) is 5.56 Å². The van der Waals surface area contributed by atoms with Gasteiger partial charge in [-0.15, -0.1) is 0 Å². The second kappa shape index (κ2) is 4.49. The first-order valence-corrected chi connectivity index (χ1v) is 5.79. The minimum Gasteiger partial charge on any atom is -0.478 e. The van der Waals surface area contributed by atoms with Gasteiger partial charge in [-0.2, -0.15) is 0 Å². The minimum absolute atomic E-state index is 0.215. The van der Waals surface area contributed by atoms with Gasteiger partial charge in [0.2, 0.25) is 0 Å². The van der Waals surface area contributed by atoms with Crippen LogP contribution in [0.1, 0.15) is 10.4 Å². The molecule has 0 unspecified atom stereocenters. The van der Waals surface area contributed by atoms with E-state index >= 15 is 0 Å². The van der Waals surface area contributed by atoms with Gasteiger partial charge in [0.1, 0.15) is 0 Å². The smallest absolute Gasteiger partial charge is 0.335 e. The van der Waals surface area contributed by atoms with E-state index in [4.69, 9.17) is 5.11 Å². The Labute approximate surface area is 109 Å². The Morgan fingerprint density at radius 1 is 1.00 bits per heavy atom. The number of hydrogen-bond acceptors (Lipinski definition) is 3. The summed E-state index contributed by atoms with van der Waals surface area (Å²) in [4.78, 5) is 19.7. The van der Waals surface area contributed by atoms with Crippen LogP contribution < -0.4 is 0 Å². The average Bonchev–Trinajstić information content (AvgIpc) is 2.47. The van der Waals surface area contributed by atoms with E-state index in [1.54, 1.807) is 12.3 Å². The maximum Gasteiger partial charge on any atom is 0.335 e. The molecule has 19 heavy (non-hydrogen) atoms. The van der Waals surface area contributed by atoms with Crippen LogP contribution in [-0.4, -0.2) is 21.0 Å². The molecule has 3 aromatic rings. The van der Waals surface area contributed by atoms with Gasteiger partial charge in [-0.3, -0.25) is 4.98 Å². The number of carboxylic acids is 1. The predicted octanol–water partition coefficient (Wildman–Crippen LogP) is 3.00. The third kappa shape index (κ3) is 2.15. The zero-order chi connectivity index (χ0) is 13.2. The zero-order valence-electron chi connectivity index (χ0n) is 9.95. The van der Waals surface area contributed by atoms with Gasteiger partial charge >= 0.3 is 5.97 Å². The lowest BCUT2D eigenvalue weighted by molar-refractivity contribution is 0.0697. The molecule has 0 saturated carbocycles. The maximum atomic E-state index is 11.0. The first-order valence-electron chi connectivity index (χ1n) is 5.79. The molecular weight excluding hydrogens is 240 g/mol. The van der Waals surface area contributed by atoms with Crippen LogP contribution in [0, 0.1) is 0 Å². The summed E-state index contributed by atoms with van der Waals surface area (Å²) in [7, 11) is 0. The molecule has 92 valence electrons. The van der Waals surface area contributed by atoms with Crippen molar-refractivity contribution >= 4 is 17.0 Å². The van der Waals surface area contributed by atoms with Gasteiger partial charge in [-0.05, 0) is 18.2 Å². The van der Waals surface area contributed by atoms with Crippen molar-refractivity contribution in [1.82, 2.24) is 9.97 Å². The molecule has 4 heteroatoms. The highest BCUT2D eigenvalue weighted by molar-refractivity contribution is 5.92. The predicted molar refractivity (Wildman–Crippen MR) is 71.9 cm³/mol. The van der Waals surface area contributed by atoms with Crippen molar-refractivity contribution in [2.24, 2.45) is 0 Å². The van der Waals surface area contributed by atoms with E-state index in [1.807, 2.05) is 30.3 Å². The quantitative estimate of drug-likeness (QED) is 0.759. The molecule has 1 N–H and O–H groups in total. The van der Waals surface area contributed by atoms with E-state index in [0.717, 1.165) is 11.3 Å². The van der Waals surface area contributed by atoms with Gasteiger partial charge in [0.25, 0.3) is 0 Å². The highest BCUT2D eigenvalue weighted by Crippen LogP contribution is 2.19. The van der Waals surface area contributed by atoms with Crippen LogP contribution in [0.15, 0.2) is 54.7 Å². The summed E-state index contributed by atoms with van der Waals surface area (Å²) < 4.78 is 0. The van der Waals surface area contributed by atoms with Crippen LogP contribution in [0.3, 0.4) is 0 Å². The molecule has 0 saturated heterocycles. The fourth-order valence-electron chi connectivity index (χ4n) is 1.89. The van der Waals surface area contributed by atoms with Crippen LogP contribution in [0.2, 0.25) is 0 Å². The van der Waals surface area contributed by atoms with Crippen molar-refractivity contribution in [3.8, 4) is 11.3 Å². The number of rotatable bonds is 2. The second-order valence-electron chi connectivity index (χ2n) is 4.13. The van der Waals surface area contributed by atoms with Gasteiger partial charge in [0.15, 0.2) is 0 Å². The van der Waals surface area contributed by atoms with Gasteiger partial charge in [0.05, 0.1) is 28.5 Å². The van der Waals surface area contributed by atoms with Crippen molar-refractivity contribution in [2.45, 2.75) is 0 Å². The standard InChI is InChI=1S/C15H10N2O2/c18-15(19)11-6-7-12-13(8-11)17-14(9-16-12)10-4-2-1-3-5-10/h1-9H,(H,18,19). The Morgan fingerprint density at radius 2 is 1.79 bits per heavy atom. The van der Waals surface area contributed by atoms with Crippen LogP contribution in [0.25, 0.3) is 22.3 Å². The number of aromatic nitrogens is 2. The second-order valence-corrected chi connectivity index (χ2v) is 4.13. The average molecular weight is 250 g/mol. The summed E-state index contributed by atoms with van der Waals surface area (Å²) in [6.45, 7) is 0. The molecule has 3 rings (SSSR count). The molecule has 0 aliphatic carbocycles. The Kier molecular flexibility index (Phi) is 2.68. The normalized spacial score (nSPS) is 10.5. The molecule has 1 heterocycles. The summed E-state index contributed by atoms with van der Waals surface area (Å²) >= 11 is 0. The van der Waals surface area contributed by atoms with Gasteiger partial charge in [-0.25, -0.2) is 9.78 Å². The zero-order valence-corrected chi connectivity index (χ0v) is 9.95. The van der Waals surface area contributed by atoms with Gasteiger partial charge in [-0.1, -0.05) is 30.3 Å². The monoisotopic (exact) mass is 250 g/mol. The molecule has 0 aliphatic heterocycles. The van der Waals surface area contributed by atoms with E-state index in [2.05, 4.69) is 9.97 Å². The third-order valence-corrected chi connectivity index (χ3v) is 2.86. The molecule has 0 fully saturated rings. The van der Waals surface area contributed by atoms with Crippen molar-refractivity contribution in [2.75, 3.05) is 0 Å². The Balaban J connectivity index is 2.16. The fraction of sp³-hybridized carbons (Fsp3) is 0. The number of carboxylic acid groups (broad SMARTS) is 1. The highest BCUT2D eigenvalue weighted by Gasteiger charge is 2.06. The summed E-state index contributed by atoms with van der Waals surface area (Å²) in [5, 5.41) is 8.98. The van der Waals surface area contributed by atoms with Gasteiger partial charge < -0.3 is 5.11 Å². The Hall–Kier alpha value is -2.75. The topological polar surface area (TPSA) is 63.1 Å². The van der Waals surface area contributed by atoms with Crippen LogP contribution in [-0.2, 0) is 0 Å². The number of carbonyl (C=O) groups is 1. The lowest BCUT2D eigenvalue weighted by atomic mass is 10.1. The number of aromatic carboxylic acids is 1. The number of benzene rings is 2. The first kappa shape index (κ1) is 11.3. The summed E-state index contributed by atoms with van der Waals surface area (Å²) in [6, 6.07) is 14.4. The van der Waals surface area contributed by atoms with E-state index in [1.165, 1.54) is 12.1 Å². The van der Waals surface area contributed by atoms with Crippen molar-refractivity contribution in [3.05, 3.63) is 60.3 Å². The summed E-state index contributed by atoms with van der Waals surface area (Å²) in [6.07, 6.45) is 1.69. The number of fused-ring (bicyclic) bond motifs is 1. The van der Waals surface area contributed by atoms with E-state index < -0.39 is 5.97 Å². The van der Waals surface area contributed by atoms with Crippen molar-refractivity contribution in [3.63, 3.8) is 0 Å². The van der Waals surface area contributed by atoms with Crippen molar-refractivity contribution < 1.29 is 9.90 Å².